The van der Waals surface area contributed by atoms with Crippen LogP contribution in [0.25, 0.3) is 0 Å². The summed E-state index contributed by atoms with van der Waals surface area (Å²) in [6.45, 7) is 7.19. The molecule has 0 radical (unpaired) electrons. The Kier molecular flexibility index (Phi) is 7.29. The van der Waals surface area contributed by atoms with Gasteiger partial charge in [-0.3, -0.25) is 9.59 Å². The molecule has 1 aromatic carbocycles. The molecule has 1 aliphatic heterocycles. The van der Waals surface area contributed by atoms with Gasteiger partial charge in [-0.25, -0.2) is 0 Å². The lowest BCUT2D eigenvalue weighted by molar-refractivity contribution is -0.160. The summed E-state index contributed by atoms with van der Waals surface area (Å²) in [6.07, 6.45) is 2.11. The van der Waals surface area contributed by atoms with Crippen LogP contribution in [-0.4, -0.2) is 52.4 Å². The first-order chi connectivity index (χ1) is 13.9. The normalized spacial score (nSPS) is 19.2. The van der Waals surface area contributed by atoms with Crippen LogP contribution in [0.3, 0.4) is 0 Å². The molecule has 2 heterocycles. The van der Waals surface area contributed by atoms with E-state index in [9.17, 15) is 9.59 Å². The third-order valence-electron chi connectivity index (χ3n) is 5.25. The predicted octanol–water partition coefficient (Wildman–Crippen LogP) is 3.66. The number of amides is 1. The summed E-state index contributed by atoms with van der Waals surface area (Å²) in [5, 5.41) is 8.94. The fraction of sp³-hybridized carbons (Fsp3) is 0.524. The number of hydrogen-bond acceptors (Lipinski definition) is 7. The van der Waals surface area contributed by atoms with Crippen molar-refractivity contribution < 1.29 is 14.3 Å². The maximum absolute atomic E-state index is 13.0. The summed E-state index contributed by atoms with van der Waals surface area (Å²) in [7, 11) is 0. The Labute approximate surface area is 180 Å². The minimum absolute atomic E-state index is 0.0287. The minimum Gasteiger partial charge on any atom is -0.466 e. The highest BCUT2D eigenvalue weighted by Crippen LogP contribution is 2.36. The highest BCUT2D eigenvalue weighted by Gasteiger charge is 2.45. The molecule has 0 spiro atoms. The zero-order chi connectivity index (χ0) is 20.9. The molecule has 0 aliphatic carbocycles. The Morgan fingerprint density at radius 1 is 1.28 bits per heavy atom. The molecule has 1 saturated heterocycles. The van der Waals surface area contributed by atoms with Crippen LogP contribution >= 0.6 is 23.1 Å². The average Bonchev–Trinajstić information content (AvgIpc) is 3.13. The lowest BCUT2D eigenvalue weighted by atomic mass is 9.74. The highest BCUT2D eigenvalue weighted by atomic mass is 32.2. The molecule has 2 aromatic rings. The fourth-order valence-electron chi connectivity index (χ4n) is 3.74. The zero-order valence-corrected chi connectivity index (χ0v) is 18.8. The summed E-state index contributed by atoms with van der Waals surface area (Å²) in [5.41, 5.74) is 1.59. The first kappa shape index (κ1) is 21.8. The average molecular weight is 434 g/mol. The highest BCUT2D eigenvalue weighted by molar-refractivity contribution is 8.01. The van der Waals surface area contributed by atoms with E-state index in [1.54, 1.807) is 0 Å². The molecular formula is C21H27N3O3S2. The number of benzene rings is 1. The van der Waals surface area contributed by atoms with Crippen LogP contribution in [0.1, 0.15) is 35.9 Å². The largest absolute Gasteiger partial charge is 0.466 e. The van der Waals surface area contributed by atoms with Gasteiger partial charge in [0.2, 0.25) is 5.91 Å². The van der Waals surface area contributed by atoms with E-state index in [2.05, 4.69) is 29.3 Å². The Hall–Kier alpha value is -1.93. The van der Waals surface area contributed by atoms with Gasteiger partial charge in [0.25, 0.3) is 0 Å². The van der Waals surface area contributed by atoms with Crippen molar-refractivity contribution in [2.75, 3.05) is 25.4 Å². The van der Waals surface area contributed by atoms with Gasteiger partial charge in [0.1, 0.15) is 5.01 Å². The molecule has 0 N–H and O–H groups in total. The third kappa shape index (κ3) is 5.36. The Balaban J connectivity index is 1.74. The molecule has 0 saturated carbocycles. The lowest BCUT2D eigenvalue weighted by Crippen LogP contribution is -2.52. The van der Waals surface area contributed by atoms with Gasteiger partial charge in [-0.1, -0.05) is 47.4 Å². The molecule has 156 valence electrons. The van der Waals surface area contributed by atoms with Gasteiger partial charge in [0.05, 0.1) is 17.8 Å². The van der Waals surface area contributed by atoms with Crippen molar-refractivity contribution in [1.82, 2.24) is 15.1 Å². The van der Waals surface area contributed by atoms with E-state index in [0.29, 0.717) is 31.9 Å². The van der Waals surface area contributed by atoms with Crippen LogP contribution in [0.2, 0.25) is 0 Å². The molecule has 1 aliphatic rings. The van der Waals surface area contributed by atoms with Gasteiger partial charge in [0.15, 0.2) is 4.34 Å². The summed E-state index contributed by atoms with van der Waals surface area (Å²) < 4.78 is 6.25. The maximum Gasteiger partial charge on any atom is 0.314 e. The molecular weight excluding hydrogens is 406 g/mol. The molecule has 0 bridgehead atoms. The maximum atomic E-state index is 13.0. The van der Waals surface area contributed by atoms with Gasteiger partial charge in [-0.2, -0.15) is 0 Å². The van der Waals surface area contributed by atoms with Crippen molar-refractivity contribution >= 4 is 35.0 Å². The van der Waals surface area contributed by atoms with Crippen molar-refractivity contribution in [2.24, 2.45) is 5.41 Å². The Morgan fingerprint density at radius 3 is 2.76 bits per heavy atom. The number of aromatic nitrogens is 2. The summed E-state index contributed by atoms with van der Waals surface area (Å²) in [5.74, 6) is 0.131. The quantitative estimate of drug-likeness (QED) is 0.490. The van der Waals surface area contributed by atoms with E-state index in [1.165, 1.54) is 23.1 Å². The number of esters is 1. The van der Waals surface area contributed by atoms with E-state index in [0.717, 1.165) is 33.3 Å². The van der Waals surface area contributed by atoms with E-state index in [1.807, 2.05) is 30.9 Å². The van der Waals surface area contributed by atoms with Crippen molar-refractivity contribution in [2.45, 2.75) is 44.4 Å². The molecule has 1 aromatic heterocycles. The first-order valence-corrected chi connectivity index (χ1v) is 11.7. The van der Waals surface area contributed by atoms with E-state index < -0.39 is 5.41 Å². The van der Waals surface area contributed by atoms with Crippen LogP contribution < -0.4 is 0 Å². The Morgan fingerprint density at radius 2 is 2.07 bits per heavy atom. The fourth-order valence-corrected chi connectivity index (χ4v) is 5.45. The third-order valence-corrected chi connectivity index (χ3v) is 7.21. The second-order valence-electron chi connectivity index (χ2n) is 7.40. The second-order valence-corrected chi connectivity index (χ2v) is 9.80. The predicted molar refractivity (Wildman–Crippen MR) is 115 cm³/mol. The molecule has 3 rings (SSSR count). The lowest BCUT2D eigenvalue weighted by Gasteiger charge is -2.41. The number of aryl methyl sites for hydroxylation is 2. The molecule has 1 amide bonds. The minimum atomic E-state index is -0.694. The van der Waals surface area contributed by atoms with E-state index >= 15 is 0 Å². The number of carbonyl (C=O) groups is 2. The van der Waals surface area contributed by atoms with Gasteiger partial charge < -0.3 is 9.64 Å². The number of ether oxygens (including phenoxy) is 1. The smallest absolute Gasteiger partial charge is 0.314 e. The molecule has 1 fully saturated rings. The number of hydrogen-bond donors (Lipinski definition) is 0. The standard InChI is InChI=1S/C21H27N3O3S2/c1-4-27-19(26)21(12-17-9-6-5-8-15(17)2)10-7-11-24(14-21)18(25)13-28-20-23-22-16(3)29-20/h5-6,8-9H,4,7,10-14H2,1-3H3/t21-/m0/s1. The van der Waals surface area contributed by atoms with Crippen molar-refractivity contribution in [1.29, 1.82) is 0 Å². The molecule has 6 nitrogen and oxygen atoms in total. The number of likely N-dealkylation sites (tertiary alicyclic amines) is 1. The van der Waals surface area contributed by atoms with Crippen LogP contribution in [-0.2, 0) is 20.7 Å². The van der Waals surface area contributed by atoms with Crippen LogP contribution in [0, 0.1) is 19.3 Å². The van der Waals surface area contributed by atoms with Gasteiger partial charge in [-0.15, -0.1) is 10.2 Å². The van der Waals surface area contributed by atoms with Crippen LogP contribution in [0.15, 0.2) is 28.6 Å². The van der Waals surface area contributed by atoms with Crippen molar-refractivity contribution in [3.8, 4) is 0 Å². The Bertz CT molecular complexity index is 870. The van der Waals surface area contributed by atoms with Crippen LogP contribution in [0.4, 0.5) is 0 Å². The zero-order valence-electron chi connectivity index (χ0n) is 17.1. The number of piperidine rings is 1. The number of nitrogens with zero attached hydrogens (tertiary/aromatic N) is 3. The van der Waals surface area contributed by atoms with Crippen molar-refractivity contribution in [3.05, 3.63) is 40.4 Å². The summed E-state index contributed by atoms with van der Waals surface area (Å²) >= 11 is 2.89. The summed E-state index contributed by atoms with van der Waals surface area (Å²) in [6, 6.07) is 8.11. The second kappa shape index (κ2) is 9.71. The molecule has 29 heavy (non-hydrogen) atoms. The number of carbonyl (C=O) groups excluding carboxylic acids is 2. The van der Waals surface area contributed by atoms with Gasteiger partial charge >= 0.3 is 5.97 Å². The van der Waals surface area contributed by atoms with E-state index in [-0.39, 0.29) is 11.9 Å². The van der Waals surface area contributed by atoms with E-state index in [4.69, 9.17) is 4.74 Å². The number of thioether (sulfide) groups is 1. The topological polar surface area (TPSA) is 72.4 Å². The SMILES string of the molecule is CCOC(=O)[C@]1(Cc2ccccc2C)CCCN(C(=O)CSc2nnc(C)s2)C1. The molecule has 1 atom stereocenters. The molecule has 0 unspecified atom stereocenters. The first-order valence-electron chi connectivity index (χ1n) is 9.86. The van der Waals surface area contributed by atoms with Gasteiger partial charge in [-0.05, 0) is 51.2 Å². The summed E-state index contributed by atoms with van der Waals surface area (Å²) in [4.78, 5) is 27.7. The monoisotopic (exact) mass is 433 g/mol. The van der Waals surface area contributed by atoms with Crippen LogP contribution in [0.5, 0.6) is 0 Å². The van der Waals surface area contributed by atoms with Crippen molar-refractivity contribution in [3.63, 3.8) is 0 Å². The molecule has 8 heteroatoms. The number of rotatable bonds is 7. The van der Waals surface area contributed by atoms with Gasteiger partial charge in [0, 0.05) is 13.1 Å².